The van der Waals surface area contributed by atoms with Crippen LogP contribution in [0.15, 0.2) is 42.5 Å². The Hall–Kier alpha value is -2.73. The molecule has 6 heteroatoms. The third-order valence-electron chi connectivity index (χ3n) is 4.43. The average Bonchev–Trinajstić information content (AvgIpc) is 2.69. The van der Waals surface area contributed by atoms with E-state index in [1.165, 1.54) is 6.42 Å². The summed E-state index contributed by atoms with van der Waals surface area (Å²) >= 11 is 0. The van der Waals surface area contributed by atoms with Crippen LogP contribution in [-0.2, 0) is 0 Å². The molecule has 0 aromatic heterocycles. The number of hydrogen-bond donors (Lipinski definition) is 3. The number of ether oxygens (including phenoxy) is 1. The van der Waals surface area contributed by atoms with Gasteiger partial charge < -0.3 is 20.4 Å². The summed E-state index contributed by atoms with van der Waals surface area (Å²) in [4.78, 5) is 14.5. The van der Waals surface area contributed by atoms with E-state index in [0.717, 1.165) is 43.1 Å². The number of piperidine rings is 1. The average molecular weight is 340 g/mol. The molecule has 0 bridgehead atoms. The van der Waals surface area contributed by atoms with Gasteiger partial charge in [-0.05, 0) is 61.7 Å². The minimum atomic E-state index is 0.0622. The molecular weight excluding hydrogens is 316 g/mol. The number of nitrogens with two attached hydrogens (primary N) is 1. The maximum atomic E-state index is 12.6. The van der Waals surface area contributed by atoms with E-state index in [-0.39, 0.29) is 5.91 Å². The molecule has 132 valence electrons. The zero-order valence-corrected chi connectivity index (χ0v) is 14.4. The van der Waals surface area contributed by atoms with Gasteiger partial charge in [-0.15, -0.1) is 0 Å². The maximum Gasteiger partial charge on any atom is 0.253 e. The number of anilines is 3. The minimum absolute atomic E-state index is 0.0622. The number of likely N-dealkylation sites (tertiary alicyclic amines) is 1. The number of nitrogens with zero attached hydrogens (tertiary/aromatic N) is 1. The predicted octanol–water partition coefficient (Wildman–Crippen LogP) is 3.35. The number of hydrazine groups is 1. The van der Waals surface area contributed by atoms with Gasteiger partial charge in [0.15, 0.2) is 0 Å². The van der Waals surface area contributed by atoms with Crippen molar-refractivity contribution in [2.24, 2.45) is 5.84 Å². The van der Waals surface area contributed by atoms with Crippen LogP contribution in [0.3, 0.4) is 0 Å². The minimum Gasteiger partial charge on any atom is -0.497 e. The van der Waals surface area contributed by atoms with Gasteiger partial charge in [-0.1, -0.05) is 0 Å². The van der Waals surface area contributed by atoms with Crippen molar-refractivity contribution in [3.05, 3.63) is 48.0 Å². The SMILES string of the molecule is COc1ccc(Nc2ccc(C(=O)N3CCCCC3)cc2NN)cc1. The van der Waals surface area contributed by atoms with Gasteiger partial charge in [-0.2, -0.15) is 0 Å². The van der Waals surface area contributed by atoms with Crippen LogP contribution in [0.5, 0.6) is 5.75 Å². The zero-order valence-electron chi connectivity index (χ0n) is 14.4. The molecular formula is C19H24N4O2. The molecule has 1 amide bonds. The first-order chi connectivity index (χ1) is 12.2. The number of carbonyl (C=O) groups is 1. The highest BCUT2D eigenvalue weighted by Crippen LogP contribution is 2.28. The Balaban J connectivity index is 1.77. The van der Waals surface area contributed by atoms with Crippen LogP contribution in [0.4, 0.5) is 17.1 Å². The molecule has 0 radical (unpaired) electrons. The van der Waals surface area contributed by atoms with Crippen molar-refractivity contribution >= 4 is 23.0 Å². The largest absolute Gasteiger partial charge is 0.497 e. The van der Waals surface area contributed by atoms with Crippen LogP contribution in [0.1, 0.15) is 29.6 Å². The highest BCUT2D eigenvalue weighted by molar-refractivity contribution is 5.96. The normalized spacial score (nSPS) is 14.1. The van der Waals surface area contributed by atoms with E-state index in [9.17, 15) is 4.79 Å². The molecule has 3 rings (SSSR count). The van der Waals surface area contributed by atoms with Gasteiger partial charge in [0.05, 0.1) is 18.5 Å². The summed E-state index contributed by atoms with van der Waals surface area (Å²) in [5, 5.41) is 3.30. The lowest BCUT2D eigenvalue weighted by Crippen LogP contribution is -2.35. The third kappa shape index (κ3) is 4.03. The summed E-state index contributed by atoms with van der Waals surface area (Å²) in [5.74, 6) is 6.52. The first kappa shape index (κ1) is 17.1. The van der Waals surface area contributed by atoms with Gasteiger partial charge in [-0.25, -0.2) is 0 Å². The van der Waals surface area contributed by atoms with E-state index < -0.39 is 0 Å². The lowest BCUT2D eigenvalue weighted by Gasteiger charge is -2.27. The molecule has 0 aliphatic carbocycles. The molecule has 1 aliphatic rings. The number of nitrogen functional groups attached to an aromatic ring is 1. The van der Waals surface area contributed by atoms with E-state index in [0.29, 0.717) is 11.3 Å². The van der Waals surface area contributed by atoms with E-state index in [1.807, 2.05) is 41.3 Å². The molecule has 0 saturated carbocycles. The number of carbonyl (C=O) groups excluding carboxylic acids is 1. The van der Waals surface area contributed by atoms with Crippen LogP contribution >= 0.6 is 0 Å². The standard InChI is InChI=1S/C19H24N4O2/c1-25-16-8-6-15(7-9-16)21-17-10-5-14(13-18(17)22-20)19(24)23-11-3-2-4-12-23/h5-10,13,21-22H,2-4,11-12,20H2,1H3. The molecule has 6 nitrogen and oxygen atoms in total. The fraction of sp³-hybridized carbons (Fsp3) is 0.316. The van der Waals surface area contributed by atoms with Gasteiger partial charge in [0, 0.05) is 24.3 Å². The van der Waals surface area contributed by atoms with E-state index in [2.05, 4.69) is 10.7 Å². The summed E-state index contributed by atoms with van der Waals surface area (Å²) in [6.07, 6.45) is 3.35. The number of rotatable bonds is 5. The zero-order chi connectivity index (χ0) is 17.6. The van der Waals surface area contributed by atoms with Crippen molar-refractivity contribution in [3.63, 3.8) is 0 Å². The van der Waals surface area contributed by atoms with Gasteiger partial charge in [-0.3, -0.25) is 10.6 Å². The van der Waals surface area contributed by atoms with Gasteiger partial charge in [0.2, 0.25) is 0 Å². The molecule has 0 unspecified atom stereocenters. The Morgan fingerprint density at radius 2 is 1.76 bits per heavy atom. The van der Waals surface area contributed by atoms with Crippen LogP contribution in [-0.4, -0.2) is 31.0 Å². The molecule has 4 N–H and O–H groups in total. The van der Waals surface area contributed by atoms with Crippen LogP contribution in [0, 0.1) is 0 Å². The highest BCUT2D eigenvalue weighted by Gasteiger charge is 2.19. The summed E-state index contributed by atoms with van der Waals surface area (Å²) in [6, 6.07) is 13.1. The molecule has 1 heterocycles. The van der Waals surface area contributed by atoms with Gasteiger partial charge >= 0.3 is 0 Å². The fourth-order valence-corrected chi connectivity index (χ4v) is 3.02. The molecule has 2 aromatic carbocycles. The van der Waals surface area contributed by atoms with Crippen molar-refractivity contribution in [1.29, 1.82) is 0 Å². The van der Waals surface area contributed by atoms with Crippen molar-refractivity contribution in [3.8, 4) is 5.75 Å². The lowest BCUT2D eigenvalue weighted by molar-refractivity contribution is 0.0724. The quantitative estimate of drug-likeness (QED) is 0.574. The Labute approximate surface area is 147 Å². The molecule has 0 spiro atoms. The molecule has 0 atom stereocenters. The molecule has 25 heavy (non-hydrogen) atoms. The Kier molecular flexibility index (Phi) is 5.40. The predicted molar refractivity (Wildman–Crippen MR) is 100 cm³/mol. The molecule has 1 saturated heterocycles. The topological polar surface area (TPSA) is 79.6 Å². The lowest BCUT2D eigenvalue weighted by atomic mass is 10.1. The summed E-state index contributed by atoms with van der Waals surface area (Å²) in [5.41, 5.74) is 5.72. The molecule has 1 aliphatic heterocycles. The van der Waals surface area contributed by atoms with E-state index in [4.69, 9.17) is 10.6 Å². The number of nitrogens with one attached hydrogen (secondary N) is 2. The monoisotopic (exact) mass is 340 g/mol. The molecule has 1 fully saturated rings. The van der Waals surface area contributed by atoms with E-state index >= 15 is 0 Å². The van der Waals surface area contributed by atoms with Crippen molar-refractivity contribution in [2.45, 2.75) is 19.3 Å². The number of hydrogen-bond acceptors (Lipinski definition) is 5. The number of benzene rings is 2. The van der Waals surface area contributed by atoms with Crippen molar-refractivity contribution in [1.82, 2.24) is 4.90 Å². The fourth-order valence-electron chi connectivity index (χ4n) is 3.02. The first-order valence-electron chi connectivity index (χ1n) is 8.52. The molecule has 2 aromatic rings. The number of methoxy groups -OCH3 is 1. The number of amides is 1. The third-order valence-corrected chi connectivity index (χ3v) is 4.43. The van der Waals surface area contributed by atoms with Crippen molar-refractivity contribution < 1.29 is 9.53 Å². The second kappa shape index (κ2) is 7.90. The summed E-state index contributed by atoms with van der Waals surface area (Å²) in [6.45, 7) is 1.66. The van der Waals surface area contributed by atoms with Crippen LogP contribution in [0.25, 0.3) is 0 Å². The van der Waals surface area contributed by atoms with Crippen molar-refractivity contribution in [2.75, 3.05) is 30.9 Å². The second-order valence-corrected chi connectivity index (χ2v) is 6.11. The second-order valence-electron chi connectivity index (χ2n) is 6.11. The van der Waals surface area contributed by atoms with Gasteiger partial charge in [0.1, 0.15) is 5.75 Å². The first-order valence-corrected chi connectivity index (χ1v) is 8.52. The Morgan fingerprint density at radius 3 is 2.40 bits per heavy atom. The van der Waals surface area contributed by atoms with E-state index in [1.54, 1.807) is 13.2 Å². The maximum absolute atomic E-state index is 12.6. The Morgan fingerprint density at radius 1 is 1.04 bits per heavy atom. The van der Waals surface area contributed by atoms with Crippen LogP contribution in [0.2, 0.25) is 0 Å². The summed E-state index contributed by atoms with van der Waals surface area (Å²) in [7, 11) is 1.64. The summed E-state index contributed by atoms with van der Waals surface area (Å²) < 4.78 is 5.16. The van der Waals surface area contributed by atoms with Crippen LogP contribution < -0.4 is 21.3 Å². The highest BCUT2D eigenvalue weighted by atomic mass is 16.5. The smallest absolute Gasteiger partial charge is 0.253 e. The van der Waals surface area contributed by atoms with Gasteiger partial charge in [0.25, 0.3) is 5.91 Å². The Bertz CT molecular complexity index is 725.